The summed E-state index contributed by atoms with van der Waals surface area (Å²) in [5, 5.41) is 18.3. The number of aliphatic hydroxyl groups is 1. The van der Waals surface area contributed by atoms with Crippen molar-refractivity contribution < 1.29 is 24.2 Å². The van der Waals surface area contributed by atoms with E-state index in [0.717, 1.165) is 6.42 Å². The molecular formula is C23H33N3O5. The smallest absolute Gasteiger partial charge is 0.407 e. The molecule has 0 aromatic heterocycles. The molecule has 0 aliphatic heterocycles. The molecule has 0 radical (unpaired) electrons. The number of carbonyl (C=O) groups excluding carboxylic acids is 3. The Morgan fingerprint density at radius 1 is 1.10 bits per heavy atom. The molecule has 8 nitrogen and oxygen atoms in total. The van der Waals surface area contributed by atoms with E-state index in [9.17, 15) is 19.5 Å². The molecule has 0 saturated heterocycles. The Kier molecular flexibility index (Phi) is 10.5. The van der Waals surface area contributed by atoms with Crippen molar-refractivity contribution >= 4 is 29.3 Å². The molecule has 170 valence electrons. The van der Waals surface area contributed by atoms with E-state index in [4.69, 9.17) is 4.74 Å². The number of carbonyl (C=O) groups is 3. The van der Waals surface area contributed by atoms with Gasteiger partial charge in [0.25, 0.3) is 5.91 Å². The van der Waals surface area contributed by atoms with Crippen molar-refractivity contribution in [1.29, 1.82) is 0 Å². The molecule has 1 aromatic carbocycles. The Labute approximate surface area is 183 Å². The molecule has 0 aliphatic carbocycles. The molecule has 4 N–H and O–H groups in total. The number of hydrogen-bond acceptors (Lipinski definition) is 5. The number of anilines is 2. The van der Waals surface area contributed by atoms with Crippen LogP contribution in [-0.4, -0.2) is 40.8 Å². The summed E-state index contributed by atoms with van der Waals surface area (Å²) < 4.78 is 5.19. The first-order valence-electron chi connectivity index (χ1n) is 10.2. The molecule has 8 heteroatoms. The van der Waals surface area contributed by atoms with Crippen LogP contribution in [0.1, 0.15) is 46.5 Å². The van der Waals surface area contributed by atoms with Gasteiger partial charge >= 0.3 is 6.09 Å². The van der Waals surface area contributed by atoms with Gasteiger partial charge in [-0.2, -0.15) is 0 Å². The van der Waals surface area contributed by atoms with Crippen molar-refractivity contribution in [2.75, 3.05) is 10.6 Å². The number of allylic oxidation sites excluding steroid dienone is 1. The molecule has 2 atom stereocenters. The van der Waals surface area contributed by atoms with Crippen molar-refractivity contribution in [3.63, 3.8) is 0 Å². The summed E-state index contributed by atoms with van der Waals surface area (Å²) in [5.74, 6) is -0.934. The minimum atomic E-state index is -1.57. The highest BCUT2D eigenvalue weighted by Crippen LogP contribution is 2.22. The quantitative estimate of drug-likeness (QED) is 0.314. The second-order valence-corrected chi connectivity index (χ2v) is 7.99. The van der Waals surface area contributed by atoms with Crippen LogP contribution in [0.15, 0.2) is 49.6 Å². The molecular weight excluding hydrogens is 398 g/mol. The summed E-state index contributed by atoms with van der Waals surface area (Å²) in [6.07, 6.45) is 2.77. The van der Waals surface area contributed by atoms with Crippen LogP contribution in [0.5, 0.6) is 0 Å². The average Bonchev–Trinajstić information content (AvgIpc) is 2.67. The maximum atomic E-state index is 12.6. The fourth-order valence-electron chi connectivity index (χ4n) is 2.62. The zero-order valence-corrected chi connectivity index (χ0v) is 18.4. The van der Waals surface area contributed by atoms with Crippen LogP contribution in [0.25, 0.3) is 0 Å². The van der Waals surface area contributed by atoms with Crippen molar-refractivity contribution in [2.45, 2.75) is 64.2 Å². The third-order valence-corrected chi connectivity index (χ3v) is 4.04. The first kappa shape index (κ1) is 25.9. The largest absolute Gasteiger partial charge is 0.444 e. The van der Waals surface area contributed by atoms with Gasteiger partial charge in [0.1, 0.15) is 5.60 Å². The number of aliphatic hydroxyl groups excluding tert-OH is 1. The summed E-state index contributed by atoms with van der Waals surface area (Å²) >= 11 is 0. The first-order valence-corrected chi connectivity index (χ1v) is 10.2. The van der Waals surface area contributed by atoms with E-state index >= 15 is 0 Å². The van der Waals surface area contributed by atoms with Crippen LogP contribution in [0.2, 0.25) is 0 Å². The summed E-state index contributed by atoms with van der Waals surface area (Å²) in [7, 11) is 0. The van der Waals surface area contributed by atoms with E-state index < -0.39 is 29.7 Å². The van der Waals surface area contributed by atoms with Gasteiger partial charge in [-0.1, -0.05) is 24.3 Å². The maximum absolute atomic E-state index is 12.6. The maximum Gasteiger partial charge on any atom is 0.407 e. The monoisotopic (exact) mass is 431 g/mol. The van der Waals surface area contributed by atoms with Crippen molar-refractivity contribution in [2.24, 2.45) is 0 Å². The van der Waals surface area contributed by atoms with Crippen LogP contribution in [0.4, 0.5) is 16.2 Å². The van der Waals surface area contributed by atoms with Crippen molar-refractivity contribution in [3.8, 4) is 0 Å². The van der Waals surface area contributed by atoms with Gasteiger partial charge in [0, 0.05) is 6.42 Å². The highest BCUT2D eigenvalue weighted by molar-refractivity contribution is 6.01. The molecule has 0 heterocycles. The van der Waals surface area contributed by atoms with Gasteiger partial charge in [-0.3, -0.25) is 9.59 Å². The van der Waals surface area contributed by atoms with Gasteiger partial charge in [-0.25, -0.2) is 4.79 Å². The van der Waals surface area contributed by atoms with Crippen LogP contribution < -0.4 is 16.0 Å². The van der Waals surface area contributed by atoms with Gasteiger partial charge in [0.15, 0.2) is 6.10 Å². The Balaban J connectivity index is 2.83. The SMILES string of the molecule is C=CCCCC(=O)Nc1ccccc1NC(=O)C(O)C(CC=C)NC(=O)OC(C)(C)C. The molecule has 0 saturated carbocycles. The predicted molar refractivity (Wildman–Crippen MR) is 122 cm³/mol. The Bertz CT molecular complexity index is 786. The van der Waals surface area contributed by atoms with Gasteiger partial charge in [0.05, 0.1) is 17.4 Å². The number of para-hydroxylation sites is 2. The molecule has 3 amide bonds. The van der Waals surface area contributed by atoms with Gasteiger partial charge < -0.3 is 25.8 Å². The number of ether oxygens (including phenoxy) is 1. The number of alkyl carbamates (subject to hydrolysis) is 1. The number of nitrogens with one attached hydrogen (secondary N) is 3. The van der Waals surface area contributed by atoms with Gasteiger partial charge in [-0.15, -0.1) is 13.2 Å². The molecule has 1 rings (SSSR count). The van der Waals surface area contributed by atoms with E-state index in [0.29, 0.717) is 24.2 Å². The lowest BCUT2D eigenvalue weighted by Gasteiger charge is -2.25. The minimum absolute atomic E-state index is 0.148. The standard InChI is InChI=1S/C23H33N3O5/c1-6-8-9-15-19(27)24-16-13-10-11-14-17(16)25-21(29)20(28)18(12-7-2)26-22(30)31-23(3,4)5/h6-7,10-11,13-14,18,20,28H,1-2,8-9,12,15H2,3-5H3,(H,24,27)(H,25,29)(H,26,30). The van der Waals surface area contributed by atoms with Crippen LogP contribution in [0.3, 0.4) is 0 Å². The predicted octanol–water partition coefficient (Wildman–Crippen LogP) is 3.75. The number of hydrogen-bond donors (Lipinski definition) is 4. The van der Waals surface area contributed by atoms with E-state index in [2.05, 4.69) is 29.1 Å². The highest BCUT2D eigenvalue weighted by atomic mass is 16.6. The van der Waals surface area contributed by atoms with Crippen LogP contribution in [0, 0.1) is 0 Å². The molecule has 1 aromatic rings. The number of rotatable bonds is 11. The lowest BCUT2D eigenvalue weighted by Crippen LogP contribution is -2.49. The normalized spacial score (nSPS) is 12.8. The average molecular weight is 432 g/mol. The lowest BCUT2D eigenvalue weighted by atomic mass is 10.1. The van der Waals surface area contributed by atoms with Gasteiger partial charge in [0.2, 0.25) is 5.91 Å². The molecule has 31 heavy (non-hydrogen) atoms. The Morgan fingerprint density at radius 3 is 2.26 bits per heavy atom. The topological polar surface area (TPSA) is 117 Å². The third-order valence-electron chi connectivity index (χ3n) is 4.04. The van der Waals surface area contributed by atoms with E-state index in [-0.39, 0.29) is 12.3 Å². The highest BCUT2D eigenvalue weighted by Gasteiger charge is 2.29. The second kappa shape index (κ2) is 12.5. The van der Waals surface area contributed by atoms with Crippen LogP contribution >= 0.6 is 0 Å². The molecule has 0 spiro atoms. The minimum Gasteiger partial charge on any atom is -0.444 e. The Morgan fingerprint density at radius 2 is 1.71 bits per heavy atom. The van der Waals surface area contributed by atoms with Crippen LogP contribution in [-0.2, 0) is 14.3 Å². The molecule has 2 unspecified atom stereocenters. The number of amides is 3. The summed E-state index contributed by atoms with van der Waals surface area (Å²) in [4.78, 5) is 36.8. The second-order valence-electron chi connectivity index (χ2n) is 7.99. The van der Waals surface area contributed by atoms with Gasteiger partial charge in [-0.05, 0) is 52.2 Å². The third kappa shape index (κ3) is 9.95. The Hall–Kier alpha value is -3.13. The molecule has 0 aliphatic rings. The van der Waals surface area contributed by atoms with Crippen molar-refractivity contribution in [1.82, 2.24) is 5.32 Å². The first-order chi connectivity index (χ1) is 14.6. The van der Waals surface area contributed by atoms with Crippen molar-refractivity contribution in [3.05, 3.63) is 49.6 Å². The molecule has 0 fully saturated rings. The van der Waals surface area contributed by atoms with E-state index in [1.165, 1.54) is 6.08 Å². The number of benzene rings is 1. The summed E-state index contributed by atoms with van der Waals surface area (Å²) in [6, 6.07) is 5.72. The molecule has 0 bridgehead atoms. The summed E-state index contributed by atoms with van der Waals surface area (Å²) in [5.41, 5.74) is 0.0176. The lowest BCUT2D eigenvalue weighted by molar-refractivity contribution is -0.125. The van der Waals surface area contributed by atoms with E-state index in [1.54, 1.807) is 51.1 Å². The zero-order chi connectivity index (χ0) is 23.4. The zero-order valence-electron chi connectivity index (χ0n) is 18.4. The number of unbranched alkanes of at least 4 members (excludes halogenated alkanes) is 1. The summed E-state index contributed by atoms with van der Waals surface area (Å²) in [6.45, 7) is 12.3. The van der Waals surface area contributed by atoms with E-state index in [1.807, 2.05) is 0 Å². The fourth-order valence-corrected chi connectivity index (χ4v) is 2.62. The fraction of sp³-hybridized carbons (Fsp3) is 0.435.